The third kappa shape index (κ3) is 4.40. The average molecular weight is 369 g/mol. The molecule has 2 N–H and O–H groups in total. The molecule has 0 aliphatic heterocycles. The number of aromatic hydroxyl groups is 1. The van der Waals surface area contributed by atoms with Gasteiger partial charge in [0.2, 0.25) is 11.1 Å². The Morgan fingerprint density at radius 3 is 2.58 bits per heavy atom. The van der Waals surface area contributed by atoms with Gasteiger partial charge in [0.1, 0.15) is 5.75 Å². The summed E-state index contributed by atoms with van der Waals surface area (Å²) in [7, 11) is 0. The standard InChI is InChI=1S/C18H19N5O2S/c1-12-3-5-14(6-4-12)11-19-17(25)13(2)26-18-20-21-22-23(18)15-7-9-16(24)10-8-15/h3-10,13,24H,11H2,1-2H3,(H,19,25)/t13-/m1/s1. The number of aromatic nitrogens is 4. The minimum atomic E-state index is -0.359. The lowest BCUT2D eigenvalue weighted by molar-refractivity contribution is -0.120. The highest BCUT2D eigenvalue weighted by molar-refractivity contribution is 8.00. The lowest BCUT2D eigenvalue weighted by Gasteiger charge is -2.12. The zero-order valence-electron chi connectivity index (χ0n) is 14.5. The molecular formula is C18H19N5O2S. The second-order valence-corrected chi connectivity index (χ2v) is 7.16. The van der Waals surface area contributed by atoms with Crippen LogP contribution in [0.2, 0.25) is 0 Å². The van der Waals surface area contributed by atoms with Crippen molar-refractivity contribution in [1.29, 1.82) is 0 Å². The molecule has 3 aromatic rings. The summed E-state index contributed by atoms with van der Waals surface area (Å²) in [5.74, 6) is 0.0794. The highest BCUT2D eigenvalue weighted by Crippen LogP contribution is 2.23. The quantitative estimate of drug-likeness (QED) is 0.649. The van der Waals surface area contributed by atoms with Crippen LogP contribution in [0.15, 0.2) is 53.7 Å². The number of aryl methyl sites for hydroxylation is 1. The average Bonchev–Trinajstić information content (AvgIpc) is 3.09. The molecule has 0 unspecified atom stereocenters. The maximum atomic E-state index is 12.4. The van der Waals surface area contributed by atoms with E-state index in [0.29, 0.717) is 17.4 Å². The predicted octanol–water partition coefficient (Wildman–Crippen LogP) is 2.47. The zero-order chi connectivity index (χ0) is 18.5. The van der Waals surface area contributed by atoms with E-state index >= 15 is 0 Å². The van der Waals surface area contributed by atoms with Crippen molar-refractivity contribution in [2.45, 2.75) is 30.8 Å². The van der Waals surface area contributed by atoms with Gasteiger partial charge in [0.25, 0.3) is 0 Å². The molecule has 0 saturated carbocycles. The number of phenols is 1. The van der Waals surface area contributed by atoms with Crippen molar-refractivity contribution in [3.05, 3.63) is 59.7 Å². The van der Waals surface area contributed by atoms with Crippen molar-refractivity contribution >= 4 is 17.7 Å². The Morgan fingerprint density at radius 2 is 1.88 bits per heavy atom. The molecule has 0 aliphatic carbocycles. The van der Waals surface area contributed by atoms with Gasteiger partial charge in [-0.05, 0) is 54.1 Å². The first-order valence-electron chi connectivity index (χ1n) is 8.10. The van der Waals surface area contributed by atoms with E-state index in [1.165, 1.54) is 22.0 Å². The third-order valence-corrected chi connectivity index (χ3v) is 4.81. The summed E-state index contributed by atoms with van der Waals surface area (Å²) in [4.78, 5) is 12.4. The number of hydrogen-bond donors (Lipinski definition) is 2. The molecule has 1 aromatic heterocycles. The van der Waals surface area contributed by atoms with E-state index in [4.69, 9.17) is 0 Å². The van der Waals surface area contributed by atoms with Gasteiger partial charge in [0, 0.05) is 6.54 Å². The topological polar surface area (TPSA) is 92.9 Å². The Morgan fingerprint density at radius 1 is 1.19 bits per heavy atom. The summed E-state index contributed by atoms with van der Waals surface area (Å²) >= 11 is 1.27. The SMILES string of the molecule is Cc1ccc(CNC(=O)[C@@H](C)Sc2nnnn2-c2ccc(O)cc2)cc1. The summed E-state index contributed by atoms with van der Waals surface area (Å²) in [5, 5.41) is 24.1. The number of phenolic OH excluding ortho intramolecular Hbond substituents is 1. The van der Waals surface area contributed by atoms with Crippen LogP contribution in [0, 0.1) is 6.92 Å². The first-order valence-corrected chi connectivity index (χ1v) is 8.98. The van der Waals surface area contributed by atoms with Gasteiger partial charge in [-0.2, -0.15) is 4.68 Å². The Bertz CT molecular complexity index is 877. The number of hydrogen-bond acceptors (Lipinski definition) is 6. The van der Waals surface area contributed by atoms with Crippen molar-refractivity contribution in [1.82, 2.24) is 25.5 Å². The van der Waals surface area contributed by atoms with E-state index in [0.717, 1.165) is 5.56 Å². The number of amides is 1. The number of thioether (sulfide) groups is 1. The zero-order valence-corrected chi connectivity index (χ0v) is 15.3. The van der Waals surface area contributed by atoms with Gasteiger partial charge in [-0.15, -0.1) is 5.10 Å². The summed E-state index contributed by atoms with van der Waals surface area (Å²) in [6.07, 6.45) is 0. The molecule has 8 heteroatoms. The monoisotopic (exact) mass is 369 g/mol. The van der Waals surface area contributed by atoms with Gasteiger partial charge in [-0.25, -0.2) is 0 Å². The summed E-state index contributed by atoms with van der Waals surface area (Å²) in [5.41, 5.74) is 2.95. The minimum absolute atomic E-state index is 0.0872. The van der Waals surface area contributed by atoms with Crippen LogP contribution in [0.5, 0.6) is 5.75 Å². The number of rotatable bonds is 6. The van der Waals surface area contributed by atoms with Crippen LogP contribution in [0.1, 0.15) is 18.1 Å². The van der Waals surface area contributed by atoms with Crippen LogP contribution in [0.3, 0.4) is 0 Å². The summed E-state index contributed by atoms with van der Waals surface area (Å²) in [6.45, 7) is 4.32. The smallest absolute Gasteiger partial charge is 0.233 e. The molecule has 0 spiro atoms. The van der Waals surface area contributed by atoms with Crippen LogP contribution in [0.25, 0.3) is 5.69 Å². The molecule has 0 aliphatic rings. The molecular weight excluding hydrogens is 350 g/mol. The van der Waals surface area contributed by atoms with Crippen molar-refractivity contribution in [3.63, 3.8) is 0 Å². The Balaban J connectivity index is 1.62. The first kappa shape index (κ1) is 17.9. The normalized spacial score (nSPS) is 11.9. The van der Waals surface area contributed by atoms with E-state index in [1.807, 2.05) is 38.1 Å². The molecule has 2 aromatic carbocycles. The molecule has 1 atom stereocenters. The van der Waals surface area contributed by atoms with Crippen LogP contribution >= 0.6 is 11.8 Å². The molecule has 26 heavy (non-hydrogen) atoms. The maximum Gasteiger partial charge on any atom is 0.233 e. The largest absolute Gasteiger partial charge is 0.508 e. The van der Waals surface area contributed by atoms with E-state index in [9.17, 15) is 9.90 Å². The van der Waals surface area contributed by atoms with Crippen LogP contribution < -0.4 is 5.32 Å². The van der Waals surface area contributed by atoms with Gasteiger partial charge >= 0.3 is 0 Å². The first-order chi connectivity index (χ1) is 12.5. The second-order valence-electron chi connectivity index (χ2n) is 5.85. The number of benzene rings is 2. The van der Waals surface area contributed by atoms with Gasteiger partial charge in [0.15, 0.2) is 0 Å². The van der Waals surface area contributed by atoms with Crippen molar-refractivity contribution in [2.24, 2.45) is 0 Å². The van der Waals surface area contributed by atoms with E-state index in [1.54, 1.807) is 24.3 Å². The lowest BCUT2D eigenvalue weighted by atomic mass is 10.1. The minimum Gasteiger partial charge on any atom is -0.508 e. The van der Waals surface area contributed by atoms with Gasteiger partial charge in [-0.3, -0.25) is 4.79 Å². The maximum absolute atomic E-state index is 12.4. The molecule has 1 heterocycles. The second kappa shape index (κ2) is 8.01. The van der Waals surface area contributed by atoms with Crippen LogP contribution in [-0.4, -0.2) is 36.5 Å². The lowest BCUT2D eigenvalue weighted by Crippen LogP contribution is -2.30. The summed E-state index contributed by atoms with van der Waals surface area (Å²) < 4.78 is 1.54. The molecule has 3 rings (SSSR count). The Hall–Kier alpha value is -2.87. The molecule has 0 saturated heterocycles. The number of carbonyl (C=O) groups is 1. The van der Waals surface area contributed by atoms with Crippen molar-refractivity contribution in [2.75, 3.05) is 0 Å². The fourth-order valence-corrected chi connectivity index (χ4v) is 3.09. The summed E-state index contributed by atoms with van der Waals surface area (Å²) in [6, 6.07) is 14.6. The fourth-order valence-electron chi connectivity index (χ4n) is 2.26. The highest BCUT2D eigenvalue weighted by Gasteiger charge is 2.19. The van der Waals surface area contributed by atoms with Crippen molar-refractivity contribution < 1.29 is 9.90 Å². The van der Waals surface area contributed by atoms with E-state index < -0.39 is 0 Å². The molecule has 7 nitrogen and oxygen atoms in total. The molecule has 0 bridgehead atoms. The highest BCUT2D eigenvalue weighted by atomic mass is 32.2. The number of nitrogens with one attached hydrogen (secondary N) is 1. The van der Waals surface area contributed by atoms with E-state index in [-0.39, 0.29) is 16.9 Å². The predicted molar refractivity (Wildman–Crippen MR) is 99.2 cm³/mol. The van der Waals surface area contributed by atoms with Crippen molar-refractivity contribution in [3.8, 4) is 11.4 Å². The Kier molecular flexibility index (Phi) is 5.52. The van der Waals surface area contributed by atoms with Gasteiger partial charge in [0.05, 0.1) is 10.9 Å². The van der Waals surface area contributed by atoms with Gasteiger partial charge in [-0.1, -0.05) is 41.6 Å². The van der Waals surface area contributed by atoms with Crippen LogP contribution in [-0.2, 0) is 11.3 Å². The fraction of sp³-hybridized carbons (Fsp3) is 0.222. The molecule has 0 fully saturated rings. The number of nitrogens with zero attached hydrogens (tertiary/aromatic N) is 4. The third-order valence-electron chi connectivity index (χ3n) is 3.77. The molecule has 0 radical (unpaired) electrons. The number of tetrazole rings is 1. The Labute approximate surface area is 155 Å². The van der Waals surface area contributed by atoms with Crippen LogP contribution in [0.4, 0.5) is 0 Å². The molecule has 134 valence electrons. The molecule has 1 amide bonds. The van der Waals surface area contributed by atoms with E-state index in [2.05, 4.69) is 20.8 Å². The van der Waals surface area contributed by atoms with Gasteiger partial charge < -0.3 is 10.4 Å². The number of carbonyl (C=O) groups excluding carboxylic acids is 1.